The third-order valence-electron chi connectivity index (χ3n) is 4.38. The molecule has 0 aromatic heterocycles. The van der Waals surface area contributed by atoms with Crippen LogP contribution in [-0.2, 0) is 0 Å². The van der Waals surface area contributed by atoms with Gasteiger partial charge in [-0.25, -0.2) is 0 Å². The van der Waals surface area contributed by atoms with Gasteiger partial charge in [-0.1, -0.05) is 54.6 Å². The third-order valence-corrected chi connectivity index (χ3v) is 4.38. The molecule has 30 heavy (non-hydrogen) atoms. The monoisotopic (exact) mass is 398 g/mol. The minimum absolute atomic E-state index is 0.618. The van der Waals surface area contributed by atoms with E-state index >= 15 is 0 Å². The number of hydrogen-bond donors (Lipinski definition) is 0. The molecule has 0 amide bonds. The van der Waals surface area contributed by atoms with Gasteiger partial charge in [-0.2, -0.15) is 15.3 Å². The Kier molecular flexibility index (Phi) is 7.33. The van der Waals surface area contributed by atoms with Crippen molar-refractivity contribution in [1.82, 2.24) is 0 Å². The summed E-state index contributed by atoms with van der Waals surface area (Å²) in [6.07, 6.45) is 3.41. The fourth-order valence-corrected chi connectivity index (χ4v) is 2.67. The van der Waals surface area contributed by atoms with Gasteiger partial charge in [0.15, 0.2) is 0 Å². The van der Waals surface area contributed by atoms with Crippen molar-refractivity contribution in [3.8, 4) is 0 Å². The fraction of sp³-hybridized carbons (Fsp3) is 0.125. The second-order valence-electron chi connectivity index (χ2n) is 6.59. The lowest BCUT2D eigenvalue weighted by molar-refractivity contribution is 1.01. The van der Waals surface area contributed by atoms with Crippen LogP contribution in [0.2, 0.25) is 0 Å². The molecule has 6 nitrogen and oxygen atoms in total. The molecular weight excluding hydrogens is 372 g/mol. The third kappa shape index (κ3) is 6.04. The summed E-state index contributed by atoms with van der Waals surface area (Å²) in [6.45, 7) is 0. The smallest absolute Gasteiger partial charge is 0.124 e. The highest BCUT2D eigenvalue weighted by Crippen LogP contribution is 2.13. The first-order valence-electron chi connectivity index (χ1n) is 9.66. The van der Waals surface area contributed by atoms with E-state index < -0.39 is 0 Å². The average Bonchev–Trinajstić information content (AvgIpc) is 2.82. The van der Waals surface area contributed by atoms with Gasteiger partial charge in [0.1, 0.15) is 5.71 Å². The maximum atomic E-state index is 4.68. The first-order valence-corrected chi connectivity index (χ1v) is 9.66. The molecule has 3 aromatic rings. The van der Waals surface area contributed by atoms with Crippen LogP contribution in [0, 0.1) is 0 Å². The van der Waals surface area contributed by atoms with Gasteiger partial charge in [0.05, 0.1) is 29.5 Å². The normalized spacial score (nSPS) is 11.8. The van der Waals surface area contributed by atoms with Gasteiger partial charge in [-0.05, 0) is 36.4 Å². The van der Waals surface area contributed by atoms with E-state index in [-0.39, 0.29) is 0 Å². The Hall–Kier alpha value is -3.93. The lowest BCUT2D eigenvalue weighted by Gasteiger charge is -2.15. The minimum Gasteiger partial charge on any atom is -0.269 e. The molecule has 3 rings (SSSR count). The van der Waals surface area contributed by atoms with E-state index in [9.17, 15) is 0 Å². The first kappa shape index (κ1) is 20.8. The van der Waals surface area contributed by atoms with Crippen LogP contribution in [0.15, 0.2) is 106 Å². The highest BCUT2D eigenvalue weighted by molar-refractivity contribution is 6.56. The Morgan fingerprint density at radius 1 is 0.533 bits per heavy atom. The minimum atomic E-state index is 0.618. The molecule has 0 heterocycles. The molecule has 0 aliphatic heterocycles. The molecule has 0 spiro atoms. The Bertz CT molecular complexity index is 926. The van der Waals surface area contributed by atoms with Crippen molar-refractivity contribution < 1.29 is 0 Å². The summed E-state index contributed by atoms with van der Waals surface area (Å²) in [6, 6.07) is 29.8. The van der Waals surface area contributed by atoms with Crippen molar-refractivity contribution >= 4 is 35.2 Å². The molecular formula is C24H26N6. The molecule has 0 aliphatic rings. The molecule has 6 heteroatoms. The number of anilines is 3. The van der Waals surface area contributed by atoms with E-state index in [0.717, 1.165) is 17.1 Å². The molecule has 0 fully saturated rings. The van der Waals surface area contributed by atoms with Gasteiger partial charge in [-0.3, -0.25) is 15.0 Å². The molecule has 0 bridgehead atoms. The van der Waals surface area contributed by atoms with E-state index in [1.54, 1.807) is 27.5 Å². The average molecular weight is 399 g/mol. The predicted octanol–water partition coefficient (Wildman–Crippen LogP) is 4.72. The number of rotatable bonds is 8. The zero-order chi connectivity index (χ0) is 21.2. The number of para-hydroxylation sites is 3. The Balaban J connectivity index is 1.83. The van der Waals surface area contributed by atoms with Crippen LogP contribution in [0.25, 0.3) is 0 Å². The number of hydrazone groups is 3. The van der Waals surface area contributed by atoms with Gasteiger partial charge in [0, 0.05) is 21.1 Å². The number of nitrogens with zero attached hydrogens (tertiary/aromatic N) is 6. The van der Waals surface area contributed by atoms with Gasteiger partial charge in [0.2, 0.25) is 0 Å². The Morgan fingerprint density at radius 3 is 1.23 bits per heavy atom. The summed E-state index contributed by atoms with van der Waals surface area (Å²) in [4.78, 5) is 0. The molecule has 0 aliphatic carbocycles. The summed E-state index contributed by atoms with van der Waals surface area (Å²) < 4.78 is 0. The lowest BCUT2D eigenvalue weighted by Crippen LogP contribution is -2.19. The molecule has 0 N–H and O–H groups in total. The van der Waals surface area contributed by atoms with Crippen molar-refractivity contribution in [2.75, 3.05) is 36.2 Å². The highest BCUT2D eigenvalue weighted by atomic mass is 15.5. The number of benzene rings is 3. The van der Waals surface area contributed by atoms with Crippen molar-refractivity contribution in [1.29, 1.82) is 0 Å². The SMILES string of the molecule is CN(N=C(/C=N\N(C)c1ccccc1)/C=N/N(C)c1ccccc1)c1ccccc1. The van der Waals surface area contributed by atoms with Crippen LogP contribution in [0.3, 0.4) is 0 Å². The molecule has 0 atom stereocenters. The lowest BCUT2D eigenvalue weighted by atomic mass is 10.3. The van der Waals surface area contributed by atoms with E-state index in [0.29, 0.717) is 5.71 Å². The Labute approximate surface area is 178 Å². The summed E-state index contributed by atoms with van der Waals surface area (Å²) in [5.41, 5.74) is 3.57. The molecule has 3 aromatic carbocycles. The predicted molar refractivity (Wildman–Crippen MR) is 129 cm³/mol. The molecule has 0 saturated carbocycles. The zero-order valence-electron chi connectivity index (χ0n) is 17.5. The van der Waals surface area contributed by atoms with E-state index in [1.165, 1.54) is 0 Å². The van der Waals surface area contributed by atoms with Crippen LogP contribution < -0.4 is 15.0 Å². The highest BCUT2D eigenvalue weighted by Gasteiger charge is 2.03. The topological polar surface area (TPSA) is 46.8 Å². The summed E-state index contributed by atoms with van der Waals surface area (Å²) in [7, 11) is 5.70. The quantitative estimate of drug-likeness (QED) is 0.407. The maximum Gasteiger partial charge on any atom is 0.124 e. The van der Waals surface area contributed by atoms with E-state index in [2.05, 4.69) is 15.3 Å². The van der Waals surface area contributed by atoms with E-state index in [4.69, 9.17) is 0 Å². The van der Waals surface area contributed by atoms with Gasteiger partial charge >= 0.3 is 0 Å². The first-order chi connectivity index (χ1) is 14.6. The zero-order valence-corrected chi connectivity index (χ0v) is 17.5. The van der Waals surface area contributed by atoms with Crippen molar-refractivity contribution in [3.63, 3.8) is 0 Å². The number of hydrogen-bond acceptors (Lipinski definition) is 6. The summed E-state index contributed by atoms with van der Waals surface area (Å²) in [5, 5.41) is 19.1. The molecule has 0 unspecified atom stereocenters. The van der Waals surface area contributed by atoms with Crippen molar-refractivity contribution in [2.45, 2.75) is 0 Å². The van der Waals surface area contributed by atoms with Crippen LogP contribution in [-0.4, -0.2) is 39.3 Å². The molecule has 0 radical (unpaired) electrons. The standard InChI is InChI=1S/C24H26N6/c1-28(22-13-7-4-8-14-22)25-19-21(27-30(3)24-17-11-6-12-18-24)20-26-29(2)23-15-9-5-10-16-23/h4-20H,1-3H3/b25-19-,26-20+,27-21?. The fourth-order valence-electron chi connectivity index (χ4n) is 2.67. The van der Waals surface area contributed by atoms with Gasteiger partial charge in [0.25, 0.3) is 0 Å². The van der Waals surface area contributed by atoms with Crippen molar-refractivity contribution in [3.05, 3.63) is 91.0 Å². The van der Waals surface area contributed by atoms with Crippen LogP contribution in [0.1, 0.15) is 0 Å². The maximum absolute atomic E-state index is 4.68. The largest absolute Gasteiger partial charge is 0.269 e. The second-order valence-corrected chi connectivity index (χ2v) is 6.59. The van der Waals surface area contributed by atoms with Crippen LogP contribution in [0.5, 0.6) is 0 Å². The summed E-state index contributed by atoms with van der Waals surface area (Å²) in [5.74, 6) is 0. The summed E-state index contributed by atoms with van der Waals surface area (Å²) >= 11 is 0. The van der Waals surface area contributed by atoms with Crippen LogP contribution >= 0.6 is 0 Å². The van der Waals surface area contributed by atoms with Gasteiger partial charge < -0.3 is 0 Å². The Morgan fingerprint density at radius 2 is 0.867 bits per heavy atom. The van der Waals surface area contributed by atoms with E-state index in [1.807, 2.05) is 112 Å². The van der Waals surface area contributed by atoms with Gasteiger partial charge in [-0.15, -0.1) is 0 Å². The molecule has 0 saturated heterocycles. The van der Waals surface area contributed by atoms with Crippen molar-refractivity contribution in [2.24, 2.45) is 15.3 Å². The van der Waals surface area contributed by atoms with Crippen LogP contribution in [0.4, 0.5) is 17.1 Å². The second kappa shape index (κ2) is 10.6. The molecule has 152 valence electrons.